The zero-order chi connectivity index (χ0) is 19.1. The molecule has 2 rings (SSSR count). The number of hydrogen-bond acceptors (Lipinski definition) is 4. The summed E-state index contributed by atoms with van der Waals surface area (Å²) in [6.07, 6.45) is 0.142. The first-order chi connectivity index (χ1) is 11.8. The molecule has 0 spiro atoms. The summed E-state index contributed by atoms with van der Waals surface area (Å²) in [6.45, 7) is 7.63. The SMILES string of the molecule is CC.COC(=O)c1cc(C)c(Cl)cc1NC(=O)Cc1cc(C)nn1C. The van der Waals surface area contributed by atoms with Gasteiger partial charge in [-0.05, 0) is 37.6 Å². The Labute approximate surface area is 153 Å². The Bertz CT molecular complexity index is 769. The van der Waals surface area contributed by atoms with Crippen molar-refractivity contribution in [1.82, 2.24) is 9.78 Å². The predicted octanol–water partition coefficient (Wildman–Crippen LogP) is 3.68. The van der Waals surface area contributed by atoms with Crippen LogP contribution in [-0.4, -0.2) is 28.8 Å². The molecular weight excluding hydrogens is 342 g/mol. The van der Waals surface area contributed by atoms with Gasteiger partial charge in [-0.3, -0.25) is 9.48 Å². The second-order valence-corrected chi connectivity index (χ2v) is 5.67. The van der Waals surface area contributed by atoms with Gasteiger partial charge in [-0.2, -0.15) is 5.10 Å². The normalized spacial score (nSPS) is 9.88. The maximum atomic E-state index is 12.3. The number of nitrogens with zero attached hydrogens (tertiary/aromatic N) is 2. The summed E-state index contributed by atoms with van der Waals surface area (Å²) in [5, 5.41) is 7.37. The summed E-state index contributed by atoms with van der Waals surface area (Å²) in [6, 6.07) is 4.98. The zero-order valence-corrected chi connectivity index (χ0v) is 16.2. The van der Waals surface area contributed by atoms with Gasteiger partial charge in [0.05, 0.1) is 30.5 Å². The standard InChI is InChI=1S/C16H18ClN3O3.C2H6/c1-9-5-12(16(22)23-4)14(8-13(9)17)18-15(21)7-11-6-10(2)19-20(11)3;1-2/h5-6,8H,7H2,1-4H3,(H,18,21);1-2H3. The summed E-state index contributed by atoms with van der Waals surface area (Å²) < 4.78 is 6.40. The molecule has 0 aliphatic heterocycles. The van der Waals surface area contributed by atoms with E-state index in [2.05, 4.69) is 10.4 Å². The monoisotopic (exact) mass is 365 g/mol. The highest BCUT2D eigenvalue weighted by Crippen LogP contribution is 2.26. The van der Waals surface area contributed by atoms with E-state index in [1.165, 1.54) is 7.11 Å². The van der Waals surface area contributed by atoms with Crippen LogP contribution in [0, 0.1) is 13.8 Å². The fourth-order valence-electron chi connectivity index (χ4n) is 2.25. The Kier molecular flexibility index (Phi) is 7.64. The Morgan fingerprint density at radius 2 is 1.88 bits per heavy atom. The van der Waals surface area contributed by atoms with Crippen molar-refractivity contribution in [3.05, 3.63) is 45.7 Å². The Morgan fingerprint density at radius 3 is 2.40 bits per heavy atom. The fourth-order valence-corrected chi connectivity index (χ4v) is 2.42. The molecule has 1 heterocycles. The first-order valence-corrected chi connectivity index (χ1v) is 8.37. The lowest BCUT2D eigenvalue weighted by molar-refractivity contribution is -0.115. The number of nitrogens with one attached hydrogen (secondary N) is 1. The van der Waals surface area contributed by atoms with Gasteiger partial charge in [0, 0.05) is 17.8 Å². The lowest BCUT2D eigenvalue weighted by atomic mass is 10.1. The van der Waals surface area contributed by atoms with Crippen molar-refractivity contribution in [3.8, 4) is 0 Å². The van der Waals surface area contributed by atoms with Crippen LogP contribution < -0.4 is 5.32 Å². The van der Waals surface area contributed by atoms with Crippen molar-refractivity contribution in [1.29, 1.82) is 0 Å². The molecule has 1 aromatic carbocycles. The van der Waals surface area contributed by atoms with Crippen molar-refractivity contribution < 1.29 is 14.3 Å². The molecule has 0 fully saturated rings. The van der Waals surface area contributed by atoms with Crippen LogP contribution in [0.5, 0.6) is 0 Å². The van der Waals surface area contributed by atoms with Gasteiger partial charge in [-0.25, -0.2) is 4.79 Å². The maximum Gasteiger partial charge on any atom is 0.339 e. The van der Waals surface area contributed by atoms with Crippen molar-refractivity contribution in [3.63, 3.8) is 0 Å². The summed E-state index contributed by atoms with van der Waals surface area (Å²) in [5.41, 5.74) is 2.94. The highest BCUT2D eigenvalue weighted by molar-refractivity contribution is 6.32. The fraction of sp³-hybridized carbons (Fsp3) is 0.389. The Morgan fingerprint density at radius 1 is 1.24 bits per heavy atom. The van der Waals surface area contributed by atoms with E-state index in [4.69, 9.17) is 16.3 Å². The average molecular weight is 366 g/mol. The van der Waals surface area contributed by atoms with E-state index < -0.39 is 5.97 Å². The van der Waals surface area contributed by atoms with Crippen LogP contribution in [-0.2, 0) is 23.0 Å². The molecular formula is C18H24ClN3O3. The summed E-state index contributed by atoms with van der Waals surface area (Å²) in [5.74, 6) is -0.797. The molecule has 0 aliphatic rings. The van der Waals surface area contributed by atoms with E-state index in [1.807, 2.05) is 26.8 Å². The molecule has 0 atom stereocenters. The van der Waals surface area contributed by atoms with Crippen LogP contribution in [0.25, 0.3) is 0 Å². The number of benzene rings is 1. The first-order valence-electron chi connectivity index (χ1n) is 7.99. The van der Waals surface area contributed by atoms with E-state index in [0.29, 0.717) is 10.7 Å². The molecule has 6 nitrogen and oxygen atoms in total. The number of aryl methyl sites for hydroxylation is 3. The molecule has 2 aromatic rings. The second kappa shape index (κ2) is 9.22. The highest BCUT2D eigenvalue weighted by Gasteiger charge is 2.17. The van der Waals surface area contributed by atoms with Crippen LogP contribution in [0.2, 0.25) is 5.02 Å². The third-order valence-corrected chi connectivity index (χ3v) is 3.83. The van der Waals surface area contributed by atoms with Crippen LogP contribution in [0.15, 0.2) is 18.2 Å². The number of aromatic nitrogens is 2. The number of methoxy groups -OCH3 is 1. The quantitative estimate of drug-likeness (QED) is 0.839. The van der Waals surface area contributed by atoms with Gasteiger partial charge in [0.1, 0.15) is 0 Å². The van der Waals surface area contributed by atoms with E-state index in [9.17, 15) is 9.59 Å². The molecule has 0 unspecified atom stereocenters. The van der Waals surface area contributed by atoms with Gasteiger partial charge in [0.25, 0.3) is 0 Å². The highest BCUT2D eigenvalue weighted by atomic mass is 35.5. The number of ether oxygens (including phenoxy) is 1. The number of halogens is 1. The van der Waals surface area contributed by atoms with Gasteiger partial charge in [-0.1, -0.05) is 25.4 Å². The third kappa shape index (κ3) is 5.32. The molecule has 0 aliphatic carbocycles. The predicted molar refractivity (Wildman–Crippen MR) is 99.2 cm³/mol. The minimum Gasteiger partial charge on any atom is -0.465 e. The van der Waals surface area contributed by atoms with E-state index in [1.54, 1.807) is 30.8 Å². The third-order valence-electron chi connectivity index (χ3n) is 3.42. The van der Waals surface area contributed by atoms with Gasteiger partial charge < -0.3 is 10.1 Å². The Hall–Kier alpha value is -2.34. The molecule has 1 aromatic heterocycles. The average Bonchev–Trinajstić information content (AvgIpc) is 2.89. The number of amides is 1. The summed E-state index contributed by atoms with van der Waals surface area (Å²) in [7, 11) is 3.06. The van der Waals surface area contributed by atoms with E-state index in [-0.39, 0.29) is 17.9 Å². The first kappa shape index (κ1) is 20.7. The van der Waals surface area contributed by atoms with Gasteiger partial charge in [0.15, 0.2) is 0 Å². The van der Waals surface area contributed by atoms with Crippen molar-refractivity contribution in [2.24, 2.45) is 7.05 Å². The summed E-state index contributed by atoms with van der Waals surface area (Å²) in [4.78, 5) is 24.1. The molecule has 136 valence electrons. The molecule has 1 amide bonds. The van der Waals surface area contributed by atoms with E-state index in [0.717, 1.165) is 17.0 Å². The minimum atomic E-state index is -0.531. The molecule has 0 radical (unpaired) electrons. The molecule has 0 saturated heterocycles. The molecule has 0 saturated carbocycles. The molecule has 7 heteroatoms. The van der Waals surface area contributed by atoms with E-state index >= 15 is 0 Å². The van der Waals surface area contributed by atoms with Gasteiger partial charge >= 0.3 is 5.97 Å². The Balaban J connectivity index is 0.00000151. The number of carbonyl (C=O) groups is 2. The number of carbonyl (C=O) groups excluding carboxylic acids is 2. The van der Waals surface area contributed by atoms with Crippen LogP contribution in [0.4, 0.5) is 5.69 Å². The smallest absolute Gasteiger partial charge is 0.339 e. The zero-order valence-electron chi connectivity index (χ0n) is 15.4. The van der Waals surface area contributed by atoms with Crippen LogP contribution in [0.1, 0.15) is 41.2 Å². The molecule has 0 bridgehead atoms. The minimum absolute atomic E-state index is 0.142. The lowest BCUT2D eigenvalue weighted by Gasteiger charge is -2.12. The van der Waals surface area contributed by atoms with Crippen molar-refractivity contribution in [2.45, 2.75) is 34.1 Å². The largest absolute Gasteiger partial charge is 0.465 e. The number of anilines is 1. The van der Waals surface area contributed by atoms with Crippen molar-refractivity contribution >= 4 is 29.2 Å². The summed E-state index contributed by atoms with van der Waals surface area (Å²) >= 11 is 6.09. The van der Waals surface area contributed by atoms with Crippen molar-refractivity contribution in [2.75, 3.05) is 12.4 Å². The second-order valence-electron chi connectivity index (χ2n) is 5.26. The lowest BCUT2D eigenvalue weighted by Crippen LogP contribution is -2.19. The molecule has 1 N–H and O–H groups in total. The maximum absolute atomic E-state index is 12.3. The number of hydrogen-bond donors (Lipinski definition) is 1. The van der Waals surface area contributed by atoms with Gasteiger partial charge in [-0.15, -0.1) is 0 Å². The van der Waals surface area contributed by atoms with Crippen LogP contribution in [0.3, 0.4) is 0 Å². The number of esters is 1. The van der Waals surface area contributed by atoms with Crippen LogP contribution >= 0.6 is 11.6 Å². The topological polar surface area (TPSA) is 73.2 Å². The number of rotatable bonds is 4. The molecule has 25 heavy (non-hydrogen) atoms. The van der Waals surface area contributed by atoms with Gasteiger partial charge in [0.2, 0.25) is 5.91 Å².